The molecule has 0 spiro atoms. The van der Waals surface area contributed by atoms with Crippen LogP contribution in [0.5, 0.6) is 0 Å². The molecule has 0 saturated heterocycles. The first-order chi connectivity index (χ1) is 9.97. The first kappa shape index (κ1) is 15.2. The van der Waals surface area contributed by atoms with E-state index in [4.69, 9.17) is 0 Å². The Morgan fingerprint density at radius 1 is 1.48 bits per heavy atom. The van der Waals surface area contributed by atoms with Crippen molar-refractivity contribution < 1.29 is 14.8 Å². The Labute approximate surface area is 122 Å². The lowest BCUT2D eigenvalue weighted by Gasteiger charge is -2.34. The van der Waals surface area contributed by atoms with Gasteiger partial charge in [-0.2, -0.15) is 0 Å². The van der Waals surface area contributed by atoms with Crippen LogP contribution < -0.4 is 0 Å². The van der Waals surface area contributed by atoms with Gasteiger partial charge in [0.25, 0.3) is 5.69 Å². The van der Waals surface area contributed by atoms with Crippen molar-refractivity contribution in [3.63, 3.8) is 0 Å². The predicted octanol–water partition coefficient (Wildman–Crippen LogP) is 1.84. The zero-order valence-corrected chi connectivity index (χ0v) is 11.8. The standard InChI is InChI=1S/C15H18N2O4/c1-16(10-11-8-13(18)9-11)15(19)7-6-12-4-2-3-5-14(12)17(20)21/h2-7,11,13,18H,8-10H2,1H3. The molecule has 1 saturated carbocycles. The Morgan fingerprint density at radius 3 is 2.76 bits per heavy atom. The number of nitrogens with zero attached hydrogens (tertiary/aromatic N) is 2. The van der Waals surface area contributed by atoms with Gasteiger partial charge < -0.3 is 10.0 Å². The fourth-order valence-corrected chi connectivity index (χ4v) is 2.41. The Morgan fingerprint density at radius 2 is 2.14 bits per heavy atom. The molecule has 6 heteroatoms. The lowest BCUT2D eigenvalue weighted by Crippen LogP contribution is -2.38. The van der Waals surface area contributed by atoms with Gasteiger partial charge in [0.15, 0.2) is 0 Å². The average molecular weight is 290 g/mol. The molecule has 21 heavy (non-hydrogen) atoms. The van der Waals surface area contributed by atoms with Gasteiger partial charge in [0, 0.05) is 25.7 Å². The summed E-state index contributed by atoms with van der Waals surface area (Å²) in [5, 5.41) is 20.1. The number of amides is 1. The van der Waals surface area contributed by atoms with Crippen LogP contribution in [0, 0.1) is 16.0 Å². The number of carbonyl (C=O) groups excluding carboxylic acids is 1. The summed E-state index contributed by atoms with van der Waals surface area (Å²) in [6.07, 6.45) is 4.03. The van der Waals surface area contributed by atoms with Gasteiger partial charge in [0.2, 0.25) is 5.91 Å². The number of carbonyl (C=O) groups is 1. The van der Waals surface area contributed by atoms with Gasteiger partial charge in [-0.1, -0.05) is 12.1 Å². The van der Waals surface area contributed by atoms with Crippen LogP contribution >= 0.6 is 0 Å². The molecule has 0 atom stereocenters. The number of nitro benzene ring substituents is 1. The molecular formula is C15H18N2O4. The SMILES string of the molecule is CN(CC1CC(O)C1)C(=O)C=Cc1ccccc1[N+](=O)[O-]. The summed E-state index contributed by atoms with van der Waals surface area (Å²) in [6.45, 7) is 0.594. The second-order valence-corrected chi connectivity index (χ2v) is 5.36. The quantitative estimate of drug-likeness (QED) is 0.509. The first-order valence-electron chi connectivity index (χ1n) is 6.82. The van der Waals surface area contributed by atoms with Crippen molar-refractivity contribution in [2.45, 2.75) is 18.9 Å². The second kappa shape index (κ2) is 6.49. The third kappa shape index (κ3) is 3.88. The van der Waals surface area contributed by atoms with Gasteiger partial charge >= 0.3 is 0 Å². The molecule has 1 N–H and O–H groups in total. The fourth-order valence-electron chi connectivity index (χ4n) is 2.41. The topological polar surface area (TPSA) is 83.7 Å². The number of nitro groups is 1. The molecule has 112 valence electrons. The van der Waals surface area contributed by atoms with Crippen molar-refractivity contribution in [1.82, 2.24) is 4.90 Å². The maximum Gasteiger partial charge on any atom is 0.276 e. The number of likely N-dealkylation sites (N-methyl/N-ethyl adjacent to an activating group) is 1. The summed E-state index contributed by atoms with van der Waals surface area (Å²) in [5.74, 6) is 0.142. The van der Waals surface area contributed by atoms with E-state index in [1.165, 1.54) is 18.2 Å². The molecule has 0 unspecified atom stereocenters. The number of hydrogen-bond donors (Lipinski definition) is 1. The maximum absolute atomic E-state index is 12.0. The number of benzene rings is 1. The Bertz CT molecular complexity index is 565. The van der Waals surface area contributed by atoms with Crippen LogP contribution in [0.25, 0.3) is 6.08 Å². The summed E-state index contributed by atoms with van der Waals surface area (Å²) in [6, 6.07) is 6.29. The van der Waals surface area contributed by atoms with E-state index < -0.39 is 4.92 Å². The van der Waals surface area contributed by atoms with E-state index in [0.29, 0.717) is 18.0 Å². The van der Waals surface area contributed by atoms with Crippen molar-refractivity contribution in [2.75, 3.05) is 13.6 Å². The number of rotatable bonds is 5. The minimum Gasteiger partial charge on any atom is -0.393 e. The van der Waals surface area contributed by atoms with Gasteiger partial charge in [-0.3, -0.25) is 14.9 Å². The molecule has 0 radical (unpaired) electrons. The van der Waals surface area contributed by atoms with Crippen LogP contribution in [0.15, 0.2) is 30.3 Å². The molecular weight excluding hydrogens is 272 g/mol. The van der Waals surface area contributed by atoms with E-state index >= 15 is 0 Å². The molecule has 0 aliphatic heterocycles. The van der Waals surface area contributed by atoms with Gasteiger partial charge in [0.1, 0.15) is 0 Å². The number of aliphatic hydroxyl groups excluding tert-OH is 1. The van der Waals surface area contributed by atoms with Gasteiger partial charge in [0.05, 0.1) is 16.6 Å². The third-order valence-corrected chi connectivity index (χ3v) is 3.66. The minimum absolute atomic E-state index is 0.0219. The van der Waals surface area contributed by atoms with Crippen LogP contribution in [0.4, 0.5) is 5.69 Å². The lowest BCUT2D eigenvalue weighted by molar-refractivity contribution is -0.385. The van der Waals surface area contributed by atoms with E-state index in [9.17, 15) is 20.0 Å². The largest absolute Gasteiger partial charge is 0.393 e. The smallest absolute Gasteiger partial charge is 0.276 e. The van der Waals surface area contributed by atoms with E-state index in [1.807, 2.05) is 0 Å². The molecule has 2 rings (SSSR count). The van der Waals surface area contributed by atoms with Crippen LogP contribution in [0.2, 0.25) is 0 Å². The Balaban J connectivity index is 1.97. The molecule has 1 aliphatic rings. The first-order valence-corrected chi connectivity index (χ1v) is 6.82. The van der Waals surface area contributed by atoms with Crippen molar-refractivity contribution in [3.05, 3.63) is 46.0 Å². The van der Waals surface area contributed by atoms with Crippen molar-refractivity contribution >= 4 is 17.7 Å². The molecule has 1 aromatic carbocycles. The molecule has 1 aliphatic carbocycles. The van der Waals surface area contributed by atoms with Crippen molar-refractivity contribution in [2.24, 2.45) is 5.92 Å². The van der Waals surface area contributed by atoms with Crippen molar-refractivity contribution in [1.29, 1.82) is 0 Å². The number of aliphatic hydroxyl groups is 1. The molecule has 1 amide bonds. The number of hydrogen-bond acceptors (Lipinski definition) is 4. The second-order valence-electron chi connectivity index (χ2n) is 5.36. The molecule has 6 nitrogen and oxygen atoms in total. The van der Waals surface area contributed by atoms with Gasteiger partial charge in [-0.25, -0.2) is 0 Å². The lowest BCUT2D eigenvalue weighted by atomic mass is 9.82. The zero-order valence-electron chi connectivity index (χ0n) is 11.8. The van der Waals surface area contributed by atoms with E-state index in [-0.39, 0.29) is 17.7 Å². The van der Waals surface area contributed by atoms with Gasteiger partial charge in [-0.05, 0) is 30.9 Å². The highest BCUT2D eigenvalue weighted by Crippen LogP contribution is 2.27. The van der Waals surface area contributed by atoms with Crippen LogP contribution in [0.1, 0.15) is 18.4 Å². The highest BCUT2D eigenvalue weighted by atomic mass is 16.6. The monoisotopic (exact) mass is 290 g/mol. The molecule has 0 heterocycles. The molecule has 1 fully saturated rings. The summed E-state index contributed by atoms with van der Waals surface area (Å²) in [4.78, 5) is 23.9. The Hall–Kier alpha value is -2.21. The van der Waals surface area contributed by atoms with Gasteiger partial charge in [-0.15, -0.1) is 0 Å². The fraction of sp³-hybridized carbons (Fsp3) is 0.400. The average Bonchev–Trinajstić information content (AvgIpc) is 2.43. The third-order valence-electron chi connectivity index (χ3n) is 3.66. The minimum atomic E-state index is -0.469. The highest BCUT2D eigenvalue weighted by Gasteiger charge is 2.28. The van der Waals surface area contributed by atoms with Crippen LogP contribution in [-0.4, -0.2) is 40.5 Å². The zero-order chi connectivity index (χ0) is 15.4. The normalized spacial score (nSPS) is 21.0. The summed E-state index contributed by atoms with van der Waals surface area (Å²) in [7, 11) is 1.69. The summed E-state index contributed by atoms with van der Waals surface area (Å²) < 4.78 is 0. The number of para-hydroxylation sites is 1. The molecule has 0 bridgehead atoms. The van der Waals surface area contributed by atoms with E-state index in [2.05, 4.69) is 0 Å². The molecule has 0 aromatic heterocycles. The van der Waals surface area contributed by atoms with Crippen LogP contribution in [0.3, 0.4) is 0 Å². The summed E-state index contributed by atoms with van der Waals surface area (Å²) >= 11 is 0. The van der Waals surface area contributed by atoms with E-state index in [1.54, 1.807) is 30.1 Å². The van der Waals surface area contributed by atoms with Crippen LogP contribution in [-0.2, 0) is 4.79 Å². The molecule has 1 aromatic rings. The Kier molecular flexibility index (Phi) is 4.70. The summed E-state index contributed by atoms with van der Waals surface area (Å²) in [5.41, 5.74) is 0.384. The van der Waals surface area contributed by atoms with Crippen molar-refractivity contribution in [3.8, 4) is 0 Å². The highest BCUT2D eigenvalue weighted by molar-refractivity contribution is 5.92. The van der Waals surface area contributed by atoms with E-state index in [0.717, 1.165) is 12.8 Å². The predicted molar refractivity (Wildman–Crippen MR) is 78.5 cm³/mol. The maximum atomic E-state index is 12.0.